The summed E-state index contributed by atoms with van der Waals surface area (Å²) in [5, 5.41) is 10.8. The summed E-state index contributed by atoms with van der Waals surface area (Å²) in [5.41, 5.74) is -0.208. The average molecular weight is 313 g/mol. The molecule has 0 N–H and O–H groups in total. The molecule has 1 amide bonds. The van der Waals surface area contributed by atoms with Gasteiger partial charge in [-0.1, -0.05) is 11.6 Å². The first-order valence-corrected chi connectivity index (χ1v) is 7.02. The van der Waals surface area contributed by atoms with Gasteiger partial charge in [0.15, 0.2) is 0 Å². The first-order chi connectivity index (χ1) is 9.86. The summed E-state index contributed by atoms with van der Waals surface area (Å²) in [7, 11) is 1.63. The van der Waals surface area contributed by atoms with E-state index >= 15 is 0 Å². The molecule has 6 nitrogen and oxygen atoms in total. The molecule has 0 aromatic heterocycles. The smallest absolute Gasteiger partial charge is 0.270 e. The standard InChI is InChI=1S/C14H17ClN2O4/c1-14(21-2)6-3-7-16(9-14)13(18)11-5-4-10(17(19)20)8-12(11)15/h4-5,8H,3,6-7,9H2,1-2H3. The second kappa shape index (κ2) is 5.99. The van der Waals surface area contributed by atoms with E-state index in [1.54, 1.807) is 12.0 Å². The Kier molecular flexibility index (Phi) is 4.49. The van der Waals surface area contributed by atoms with E-state index in [2.05, 4.69) is 0 Å². The number of amides is 1. The Morgan fingerprint density at radius 3 is 2.81 bits per heavy atom. The van der Waals surface area contributed by atoms with Gasteiger partial charge in [-0.3, -0.25) is 14.9 Å². The molecule has 1 saturated heterocycles. The fourth-order valence-corrected chi connectivity index (χ4v) is 2.76. The maximum atomic E-state index is 12.5. The highest BCUT2D eigenvalue weighted by Gasteiger charge is 2.34. The zero-order valence-corrected chi connectivity index (χ0v) is 12.7. The number of carbonyl (C=O) groups is 1. The predicted octanol–water partition coefficient (Wildman–Crippen LogP) is 2.89. The van der Waals surface area contributed by atoms with Crippen LogP contribution in [-0.2, 0) is 4.74 Å². The van der Waals surface area contributed by atoms with E-state index in [9.17, 15) is 14.9 Å². The molecule has 114 valence electrons. The number of halogens is 1. The number of methoxy groups -OCH3 is 1. The van der Waals surface area contributed by atoms with Crippen molar-refractivity contribution >= 4 is 23.2 Å². The Bertz CT molecular complexity index is 578. The summed E-state index contributed by atoms with van der Waals surface area (Å²) in [6.07, 6.45) is 1.74. The maximum absolute atomic E-state index is 12.5. The van der Waals surface area contributed by atoms with E-state index < -0.39 is 4.92 Å². The summed E-state index contributed by atoms with van der Waals surface area (Å²) < 4.78 is 5.46. The van der Waals surface area contributed by atoms with E-state index in [0.717, 1.165) is 12.8 Å². The molecule has 0 saturated carbocycles. The molecule has 1 fully saturated rings. The number of piperidine rings is 1. The number of nitro benzene ring substituents is 1. The lowest BCUT2D eigenvalue weighted by molar-refractivity contribution is -0.384. The number of ether oxygens (including phenoxy) is 1. The normalized spacial score (nSPS) is 22.1. The average Bonchev–Trinajstić information content (AvgIpc) is 2.46. The van der Waals surface area contributed by atoms with Crippen LogP contribution in [0.15, 0.2) is 18.2 Å². The van der Waals surface area contributed by atoms with Crippen LogP contribution in [0.3, 0.4) is 0 Å². The SMILES string of the molecule is COC1(C)CCCN(C(=O)c2ccc([N+](=O)[O-])cc2Cl)C1. The van der Waals surface area contributed by atoms with Crippen LogP contribution in [0, 0.1) is 10.1 Å². The number of benzene rings is 1. The molecule has 1 atom stereocenters. The maximum Gasteiger partial charge on any atom is 0.270 e. The lowest BCUT2D eigenvalue weighted by Crippen LogP contribution is -2.49. The van der Waals surface area contributed by atoms with Gasteiger partial charge in [0.1, 0.15) is 0 Å². The largest absolute Gasteiger partial charge is 0.377 e. The number of hydrogen-bond donors (Lipinski definition) is 0. The number of carbonyl (C=O) groups excluding carboxylic acids is 1. The van der Waals surface area contributed by atoms with E-state index in [1.165, 1.54) is 18.2 Å². The predicted molar refractivity (Wildman–Crippen MR) is 78.7 cm³/mol. The van der Waals surface area contributed by atoms with Crippen LogP contribution in [0.1, 0.15) is 30.1 Å². The summed E-state index contributed by atoms with van der Waals surface area (Å²) in [5.74, 6) is -0.224. The van der Waals surface area contributed by atoms with Gasteiger partial charge in [-0.2, -0.15) is 0 Å². The van der Waals surface area contributed by atoms with Gasteiger partial charge in [0.25, 0.3) is 11.6 Å². The Balaban J connectivity index is 2.22. The van der Waals surface area contributed by atoms with Crippen molar-refractivity contribution in [1.29, 1.82) is 0 Å². The Hall–Kier alpha value is -1.66. The van der Waals surface area contributed by atoms with E-state index in [0.29, 0.717) is 13.1 Å². The second-order valence-corrected chi connectivity index (χ2v) is 5.81. The molecule has 1 heterocycles. The van der Waals surface area contributed by atoms with Crippen LogP contribution in [0.2, 0.25) is 5.02 Å². The van der Waals surface area contributed by atoms with Gasteiger partial charge in [-0.15, -0.1) is 0 Å². The monoisotopic (exact) mass is 312 g/mol. The Labute approximate surface area is 127 Å². The number of hydrogen-bond acceptors (Lipinski definition) is 4. The van der Waals surface area contributed by atoms with Gasteiger partial charge in [-0.05, 0) is 25.8 Å². The van der Waals surface area contributed by atoms with Crippen LogP contribution in [0.5, 0.6) is 0 Å². The van der Waals surface area contributed by atoms with Crippen molar-refractivity contribution in [1.82, 2.24) is 4.90 Å². The molecule has 2 rings (SSSR count). The molecule has 0 radical (unpaired) electrons. The zero-order chi connectivity index (χ0) is 15.6. The van der Waals surface area contributed by atoms with Gasteiger partial charge < -0.3 is 9.64 Å². The minimum Gasteiger partial charge on any atom is -0.377 e. The molecular formula is C14H17ClN2O4. The third-order valence-electron chi connectivity index (χ3n) is 3.83. The van der Waals surface area contributed by atoms with Crippen molar-refractivity contribution in [3.05, 3.63) is 38.9 Å². The van der Waals surface area contributed by atoms with Crippen molar-refractivity contribution in [2.24, 2.45) is 0 Å². The number of likely N-dealkylation sites (tertiary alicyclic amines) is 1. The van der Waals surface area contributed by atoms with Crippen LogP contribution in [0.25, 0.3) is 0 Å². The second-order valence-electron chi connectivity index (χ2n) is 5.41. The number of rotatable bonds is 3. The first-order valence-electron chi connectivity index (χ1n) is 6.65. The van der Waals surface area contributed by atoms with Crippen molar-refractivity contribution in [3.8, 4) is 0 Å². The van der Waals surface area contributed by atoms with Crippen molar-refractivity contribution in [2.45, 2.75) is 25.4 Å². The first kappa shape index (κ1) is 15.7. The van der Waals surface area contributed by atoms with E-state index in [-0.39, 0.29) is 27.8 Å². The number of nitro groups is 1. The topological polar surface area (TPSA) is 72.7 Å². The molecule has 1 aromatic rings. The molecule has 1 aliphatic rings. The molecule has 7 heteroatoms. The van der Waals surface area contributed by atoms with Crippen molar-refractivity contribution in [2.75, 3.05) is 20.2 Å². The third kappa shape index (κ3) is 3.33. The highest BCUT2D eigenvalue weighted by Crippen LogP contribution is 2.28. The third-order valence-corrected chi connectivity index (χ3v) is 4.15. The molecule has 1 aliphatic heterocycles. The lowest BCUT2D eigenvalue weighted by atomic mass is 9.94. The summed E-state index contributed by atoms with van der Waals surface area (Å²) in [6, 6.07) is 3.90. The minimum atomic E-state index is -0.539. The van der Waals surface area contributed by atoms with Crippen LogP contribution in [-0.4, -0.2) is 41.5 Å². The molecule has 0 bridgehead atoms. The van der Waals surface area contributed by atoms with Crippen LogP contribution >= 0.6 is 11.6 Å². The van der Waals surface area contributed by atoms with Gasteiger partial charge in [-0.25, -0.2) is 0 Å². The zero-order valence-electron chi connectivity index (χ0n) is 12.0. The highest BCUT2D eigenvalue weighted by atomic mass is 35.5. The quantitative estimate of drug-likeness (QED) is 0.635. The van der Waals surface area contributed by atoms with Crippen LogP contribution in [0.4, 0.5) is 5.69 Å². The summed E-state index contributed by atoms with van der Waals surface area (Å²) >= 11 is 6.01. The number of nitrogens with zero attached hydrogens (tertiary/aromatic N) is 2. The lowest BCUT2D eigenvalue weighted by Gasteiger charge is -2.39. The molecule has 0 aliphatic carbocycles. The molecule has 1 unspecified atom stereocenters. The van der Waals surface area contributed by atoms with Crippen LogP contribution < -0.4 is 0 Å². The Morgan fingerprint density at radius 2 is 2.24 bits per heavy atom. The minimum absolute atomic E-state index is 0.0962. The van der Waals surface area contributed by atoms with Crippen molar-refractivity contribution in [3.63, 3.8) is 0 Å². The Morgan fingerprint density at radius 1 is 1.52 bits per heavy atom. The van der Waals surface area contributed by atoms with E-state index in [1.807, 2.05) is 6.92 Å². The van der Waals surface area contributed by atoms with Gasteiger partial charge in [0.05, 0.1) is 21.1 Å². The van der Waals surface area contributed by atoms with E-state index in [4.69, 9.17) is 16.3 Å². The van der Waals surface area contributed by atoms with Crippen molar-refractivity contribution < 1.29 is 14.5 Å². The van der Waals surface area contributed by atoms with Gasteiger partial charge in [0, 0.05) is 32.3 Å². The van der Waals surface area contributed by atoms with Gasteiger partial charge >= 0.3 is 0 Å². The molecule has 21 heavy (non-hydrogen) atoms. The number of non-ortho nitro benzene ring substituents is 1. The van der Waals surface area contributed by atoms with Gasteiger partial charge in [0.2, 0.25) is 0 Å². The summed E-state index contributed by atoms with van der Waals surface area (Å²) in [6.45, 7) is 3.07. The molecular weight excluding hydrogens is 296 g/mol. The molecule has 1 aromatic carbocycles. The summed E-state index contributed by atoms with van der Waals surface area (Å²) in [4.78, 5) is 24.4. The molecule has 0 spiro atoms. The fourth-order valence-electron chi connectivity index (χ4n) is 2.51. The highest BCUT2D eigenvalue weighted by molar-refractivity contribution is 6.34. The fraction of sp³-hybridized carbons (Fsp3) is 0.500.